The van der Waals surface area contributed by atoms with E-state index in [2.05, 4.69) is 15.5 Å². The van der Waals surface area contributed by atoms with E-state index < -0.39 is 0 Å². The summed E-state index contributed by atoms with van der Waals surface area (Å²) in [6, 6.07) is 15.0. The molecule has 0 saturated heterocycles. The summed E-state index contributed by atoms with van der Waals surface area (Å²) in [5.74, 6) is 1.68. The quantitative estimate of drug-likeness (QED) is 0.425. The van der Waals surface area contributed by atoms with E-state index in [1.165, 1.54) is 0 Å². The monoisotopic (exact) mass is 403 g/mol. The second kappa shape index (κ2) is 9.43. The molecule has 0 spiro atoms. The summed E-state index contributed by atoms with van der Waals surface area (Å²) >= 11 is 7.54. The highest BCUT2D eigenvalue weighted by atomic mass is 35.5. The molecule has 0 atom stereocenters. The lowest BCUT2D eigenvalue weighted by Crippen LogP contribution is -2.11. The molecule has 1 amide bonds. The summed E-state index contributed by atoms with van der Waals surface area (Å²) in [6.45, 7) is 0. The number of hydrogen-bond acceptors (Lipinski definition) is 6. The Balaban J connectivity index is 1.45. The van der Waals surface area contributed by atoms with E-state index in [9.17, 15) is 4.79 Å². The maximum Gasteiger partial charge on any atom is 0.322 e. The van der Waals surface area contributed by atoms with Crippen LogP contribution in [-0.2, 0) is 4.79 Å². The van der Waals surface area contributed by atoms with Gasteiger partial charge in [0, 0.05) is 21.9 Å². The average Bonchev–Trinajstić information content (AvgIpc) is 3.15. The standard InChI is InChI=1S/C19H18ClN3O3S/c1-25-15-5-2-4-13(12-15)18-22-23-19(26-18)21-17(24)6-3-11-27-16-9-7-14(20)8-10-16/h2,4-5,7-10,12H,3,6,11H2,1H3,(H,21,23,24). The lowest BCUT2D eigenvalue weighted by Gasteiger charge is -2.02. The summed E-state index contributed by atoms with van der Waals surface area (Å²) < 4.78 is 10.7. The van der Waals surface area contributed by atoms with Gasteiger partial charge in [-0.3, -0.25) is 10.1 Å². The van der Waals surface area contributed by atoms with Crippen molar-refractivity contribution < 1.29 is 13.9 Å². The number of nitrogens with zero attached hydrogens (tertiary/aromatic N) is 2. The molecule has 1 aromatic heterocycles. The maximum absolute atomic E-state index is 12.0. The maximum atomic E-state index is 12.0. The Morgan fingerprint density at radius 3 is 2.81 bits per heavy atom. The van der Waals surface area contributed by atoms with Crippen LogP contribution in [0.1, 0.15) is 12.8 Å². The average molecular weight is 404 g/mol. The van der Waals surface area contributed by atoms with Crippen molar-refractivity contribution in [2.45, 2.75) is 17.7 Å². The third-order valence-electron chi connectivity index (χ3n) is 3.62. The smallest absolute Gasteiger partial charge is 0.322 e. The summed E-state index contributed by atoms with van der Waals surface area (Å²) in [6.07, 6.45) is 1.10. The summed E-state index contributed by atoms with van der Waals surface area (Å²) in [7, 11) is 1.59. The van der Waals surface area contributed by atoms with Crippen molar-refractivity contribution in [3.05, 3.63) is 53.6 Å². The van der Waals surface area contributed by atoms with Crippen LogP contribution >= 0.6 is 23.4 Å². The van der Waals surface area contributed by atoms with Gasteiger partial charge in [0.2, 0.25) is 11.8 Å². The highest BCUT2D eigenvalue weighted by molar-refractivity contribution is 7.99. The number of anilines is 1. The number of thioether (sulfide) groups is 1. The molecule has 27 heavy (non-hydrogen) atoms. The zero-order valence-corrected chi connectivity index (χ0v) is 16.2. The van der Waals surface area contributed by atoms with Crippen LogP contribution in [0.5, 0.6) is 5.75 Å². The molecule has 2 aromatic carbocycles. The fraction of sp³-hybridized carbons (Fsp3) is 0.211. The molecular weight excluding hydrogens is 386 g/mol. The normalized spacial score (nSPS) is 10.6. The van der Waals surface area contributed by atoms with Crippen molar-refractivity contribution in [1.29, 1.82) is 0 Å². The van der Waals surface area contributed by atoms with Crippen molar-refractivity contribution >= 4 is 35.3 Å². The number of amides is 1. The van der Waals surface area contributed by atoms with Crippen LogP contribution in [-0.4, -0.2) is 29.0 Å². The van der Waals surface area contributed by atoms with Gasteiger partial charge in [-0.2, -0.15) is 0 Å². The number of methoxy groups -OCH3 is 1. The van der Waals surface area contributed by atoms with Gasteiger partial charge in [0.15, 0.2) is 0 Å². The van der Waals surface area contributed by atoms with E-state index in [1.54, 1.807) is 24.9 Å². The molecule has 0 unspecified atom stereocenters. The van der Waals surface area contributed by atoms with E-state index in [-0.39, 0.29) is 11.9 Å². The van der Waals surface area contributed by atoms with E-state index in [0.717, 1.165) is 22.6 Å². The fourth-order valence-electron chi connectivity index (χ4n) is 2.28. The zero-order chi connectivity index (χ0) is 19.1. The minimum atomic E-state index is -0.160. The molecule has 0 aliphatic rings. The summed E-state index contributed by atoms with van der Waals surface area (Å²) in [4.78, 5) is 13.2. The third-order valence-corrected chi connectivity index (χ3v) is 4.97. The van der Waals surface area contributed by atoms with E-state index in [0.29, 0.717) is 23.1 Å². The molecule has 0 fully saturated rings. The van der Waals surface area contributed by atoms with Gasteiger partial charge in [-0.05, 0) is 54.6 Å². The molecule has 1 heterocycles. The van der Waals surface area contributed by atoms with Gasteiger partial charge in [-0.25, -0.2) is 0 Å². The van der Waals surface area contributed by atoms with Gasteiger partial charge in [-0.1, -0.05) is 22.8 Å². The van der Waals surface area contributed by atoms with Crippen LogP contribution in [0.15, 0.2) is 57.8 Å². The van der Waals surface area contributed by atoms with Crippen LogP contribution in [0.2, 0.25) is 5.02 Å². The molecule has 140 valence electrons. The topological polar surface area (TPSA) is 77.3 Å². The second-order valence-electron chi connectivity index (χ2n) is 5.60. The van der Waals surface area contributed by atoms with Gasteiger partial charge >= 0.3 is 6.01 Å². The van der Waals surface area contributed by atoms with Crippen LogP contribution in [0, 0.1) is 0 Å². The minimum absolute atomic E-state index is 0.0863. The number of hydrogen-bond donors (Lipinski definition) is 1. The highest BCUT2D eigenvalue weighted by Gasteiger charge is 2.12. The van der Waals surface area contributed by atoms with Gasteiger partial charge in [0.1, 0.15) is 5.75 Å². The number of rotatable bonds is 8. The van der Waals surface area contributed by atoms with E-state index in [4.69, 9.17) is 20.8 Å². The Kier molecular flexibility index (Phi) is 6.73. The number of benzene rings is 2. The molecule has 6 nitrogen and oxygen atoms in total. The van der Waals surface area contributed by atoms with Gasteiger partial charge in [0.05, 0.1) is 7.11 Å². The summed E-state index contributed by atoms with van der Waals surface area (Å²) in [5, 5.41) is 11.2. The highest BCUT2D eigenvalue weighted by Crippen LogP contribution is 2.24. The first-order chi connectivity index (χ1) is 13.1. The number of carbonyl (C=O) groups excluding carboxylic acids is 1. The first kappa shape index (κ1) is 19.3. The first-order valence-corrected chi connectivity index (χ1v) is 9.66. The molecule has 0 aliphatic carbocycles. The number of ether oxygens (including phenoxy) is 1. The Labute approximate surface area is 166 Å². The third kappa shape index (κ3) is 5.74. The van der Waals surface area contributed by atoms with Crippen molar-refractivity contribution in [2.24, 2.45) is 0 Å². The van der Waals surface area contributed by atoms with Crippen molar-refractivity contribution in [2.75, 3.05) is 18.2 Å². The first-order valence-electron chi connectivity index (χ1n) is 8.30. The van der Waals surface area contributed by atoms with Crippen molar-refractivity contribution in [1.82, 2.24) is 10.2 Å². The van der Waals surface area contributed by atoms with Gasteiger partial charge < -0.3 is 9.15 Å². The molecule has 1 N–H and O–H groups in total. The Hall–Kier alpha value is -2.51. The van der Waals surface area contributed by atoms with Crippen LogP contribution in [0.4, 0.5) is 6.01 Å². The molecule has 0 saturated carbocycles. The number of nitrogens with one attached hydrogen (secondary N) is 1. The fourth-order valence-corrected chi connectivity index (χ4v) is 3.26. The largest absolute Gasteiger partial charge is 0.497 e. The van der Waals surface area contributed by atoms with E-state index in [1.807, 2.05) is 42.5 Å². The second-order valence-corrected chi connectivity index (χ2v) is 7.20. The lowest BCUT2D eigenvalue weighted by molar-refractivity contribution is -0.116. The Morgan fingerprint density at radius 2 is 2.04 bits per heavy atom. The number of aromatic nitrogens is 2. The molecular formula is C19H18ClN3O3S. The van der Waals surface area contributed by atoms with Crippen molar-refractivity contribution in [3.8, 4) is 17.2 Å². The van der Waals surface area contributed by atoms with Gasteiger partial charge in [-0.15, -0.1) is 16.9 Å². The van der Waals surface area contributed by atoms with Crippen LogP contribution in [0.3, 0.4) is 0 Å². The number of carbonyl (C=O) groups is 1. The minimum Gasteiger partial charge on any atom is -0.497 e. The van der Waals surface area contributed by atoms with Crippen LogP contribution in [0.25, 0.3) is 11.5 Å². The molecule has 0 radical (unpaired) electrons. The zero-order valence-electron chi connectivity index (χ0n) is 14.6. The number of halogens is 1. The van der Waals surface area contributed by atoms with Gasteiger partial charge in [0.25, 0.3) is 0 Å². The van der Waals surface area contributed by atoms with Crippen molar-refractivity contribution in [3.63, 3.8) is 0 Å². The molecule has 3 rings (SSSR count). The molecule has 3 aromatic rings. The summed E-state index contributed by atoms with van der Waals surface area (Å²) in [5.41, 5.74) is 0.724. The van der Waals surface area contributed by atoms with Crippen LogP contribution < -0.4 is 10.1 Å². The predicted octanol–water partition coefficient (Wildman–Crippen LogP) is 4.91. The predicted molar refractivity (Wildman–Crippen MR) is 106 cm³/mol. The lowest BCUT2D eigenvalue weighted by atomic mass is 10.2. The van der Waals surface area contributed by atoms with E-state index >= 15 is 0 Å². The molecule has 8 heteroatoms. The Bertz CT molecular complexity index is 899. The Morgan fingerprint density at radius 1 is 1.22 bits per heavy atom. The SMILES string of the molecule is COc1cccc(-c2nnc(NC(=O)CCCSc3ccc(Cl)cc3)o2)c1. The molecule has 0 bridgehead atoms. The molecule has 0 aliphatic heterocycles.